The molecule has 1 rings (SSSR count). The second-order valence-electron chi connectivity index (χ2n) is 5.10. The molecule has 0 bridgehead atoms. The Hall–Kier alpha value is -1.46. The predicted molar refractivity (Wildman–Crippen MR) is 87.9 cm³/mol. The van der Waals surface area contributed by atoms with Crippen molar-refractivity contribution in [2.45, 2.75) is 45.2 Å². The Kier molecular flexibility index (Phi) is 7.32. The molecule has 0 aromatic heterocycles. The van der Waals surface area contributed by atoms with Crippen molar-refractivity contribution in [3.63, 3.8) is 0 Å². The van der Waals surface area contributed by atoms with Crippen LogP contribution in [0.1, 0.15) is 33.1 Å². The number of benzene rings is 1. The summed E-state index contributed by atoms with van der Waals surface area (Å²) < 4.78 is 0. The van der Waals surface area contributed by atoms with Crippen LogP contribution in [0.2, 0.25) is 5.02 Å². The number of anilines is 2. The minimum atomic E-state index is -0.833. The summed E-state index contributed by atoms with van der Waals surface area (Å²) in [6.07, 6.45) is 2.07. The number of carbonyl (C=O) groups is 1. The number of nitrogen functional groups attached to an aromatic ring is 1. The SMILES string of the molecule is CCC(CC)NC[C@H](CC(=O)O)Nc1ccc(N)c(Cl)c1. The van der Waals surface area contributed by atoms with E-state index in [4.69, 9.17) is 22.4 Å². The van der Waals surface area contributed by atoms with E-state index in [1.165, 1.54) is 0 Å². The molecule has 1 aromatic carbocycles. The molecule has 0 amide bonds. The first-order valence-corrected chi connectivity index (χ1v) is 7.60. The highest BCUT2D eigenvalue weighted by molar-refractivity contribution is 6.33. The summed E-state index contributed by atoms with van der Waals surface area (Å²) in [4.78, 5) is 11.0. The van der Waals surface area contributed by atoms with Gasteiger partial charge >= 0.3 is 5.97 Å². The van der Waals surface area contributed by atoms with Gasteiger partial charge < -0.3 is 21.5 Å². The third-order valence-corrected chi connectivity index (χ3v) is 3.76. The summed E-state index contributed by atoms with van der Waals surface area (Å²) in [7, 11) is 0. The predicted octanol–water partition coefficient (Wildman–Crippen LogP) is 2.96. The van der Waals surface area contributed by atoms with Crippen molar-refractivity contribution in [2.75, 3.05) is 17.6 Å². The summed E-state index contributed by atoms with van der Waals surface area (Å²) in [5.74, 6) is -0.833. The summed E-state index contributed by atoms with van der Waals surface area (Å²) in [6.45, 7) is 4.81. The third-order valence-electron chi connectivity index (χ3n) is 3.43. The lowest BCUT2D eigenvalue weighted by molar-refractivity contribution is -0.137. The van der Waals surface area contributed by atoms with Crippen LogP contribution in [-0.4, -0.2) is 29.7 Å². The Morgan fingerprint density at radius 2 is 2.00 bits per heavy atom. The van der Waals surface area contributed by atoms with Crippen LogP contribution in [0.5, 0.6) is 0 Å². The summed E-state index contributed by atoms with van der Waals surface area (Å²) >= 11 is 5.98. The summed E-state index contributed by atoms with van der Waals surface area (Å²) in [5, 5.41) is 16.1. The molecule has 0 saturated carbocycles. The average molecular weight is 314 g/mol. The van der Waals surface area contributed by atoms with Gasteiger partial charge in [-0.15, -0.1) is 0 Å². The normalized spacial score (nSPS) is 12.4. The van der Waals surface area contributed by atoms with Crippen LogP contribution in [0, 0.1) is 0 Å². The highest BCUT2D eigenvalue weighted by atomic mass is 35.5. The molecular formula is C15H24ClN3O2. The molecule has 0 aliphatic heterocycles. The lowest BCUT2D eigenvalue weighted by atomic mass is 10.1. The molecule has 1 atom stereocenters. The number of rotatable bonds is 9. The zero-order valence-electron chi connectivity index (χ0n) is 12.5. The number of halogens is 1. The molecule has 0 saturated heterocycles. The van der Waals surface area contributed by atoms with E-state index in [9.17, 15) is 4.79 Å². The van der Waals surface area contributed by atoms with Gasteiger partial charge in [0, 0.05) is 24.3 Å². The summed E-state index contributed by atoms with van der Waals surface area (Å²) in [5.41, 5.74) is 6.95. The largest absolute Gasteiger partial charge is 0.481 e. The number of hydrogen-bond acceptors (Lipinski definition) is 4. The monoisotopic (exact) mass is 313 g/mol. The van der Waals surface area contributed by atoms with Crippen LogP contribution in [0.4, 0.5) is 11.4 Å². The zero-order valence-corrected chi connectivity index (χ0v) is 13.3. The first kappa shape index (κ1) is 17.6. The van der Waals surface area contributed by atoms with E-state index in [2.05, 4.69) is 24.5 Å². The van der Waals surface area contributed by atoms with Gasteiger partial charge in [0.05, 0.1) is 17.1 Å². The van der Waals surface area contributed by atoms with Crippen LogP contribution in [-0.2, 0) is 4.79 Å². The Morgan fingerprint density at radius 1 is 1.33 bits per heavy atom. The molecule has 1 aromatic rings. The maximum absolute atomic E-state index is 11.0. The quantitative estimate of drug-likeness (QED) is 0.526. The van der Waals surface area contributed by atoms with E-state index >= 15 is 0 Å². The van der Waals surface area contributed by atoms with Crippen molar-refractivity contribution in [3.8, 4) is 0 Å². The molecule has 5 nitrogen and oxygen atoms in total. The van der Waals surface area contributed by atoms with Crippen LogP contribution < -0.4 is 16.4 Å². The minimum absolute atomic E-state index is 0.0368. The highest BCUT2D eigenvalue weighted by Gasteiger charge is 2.15. The van der Waals surface area contributed by atoms with E-state index in [0.29, 0.717) is 23.3 Å². The molecule has 5 N–H and O–H groups in total. The molecule has 6 heteroatoms. The second kappa shape index (κ2) is 8.74. The van der Waals surface area contributed by atoms with Crippen molar-refractivity contribution in [2.24, 2.45) is 0 Å². The highest BCUT2D eigenvalue weighted by Crippen LogP contribution is 2.23. The van der Waals surface area contributed by atoms with Crippen molar-refractivity contribution in [1.82, 2.24) is 5.32 Å². The maximum Gasteiger partial charge on any atom is 0.305 e. The van der Waals surface area contributed by atoms with Gasteiger partial charge in [0.25, 0.3) is 0 Å². The van der Waals surface area contributed by atoms with Gasteiger partial charge in [-0.25, -0.2) is 0 Å². The smallest absolute Gasteiger partial charge is 0.305 e. The number of carboxylic acid groups (broad SMARTS) is 1. The number of aliphatic carboxylic acids is 1. The molecule has 0 aliphatic rings. The fourth-order valence-corrected chi connectivity index (χ4v) is 2.30. The first-order chi connectivity index (χ1) is 9.96. The minimum Gasteiger partial charge on any atom is -0.481 e. The van der Waals surface area contributed by atoms with Crippen LogP contribution >= 0.6 is 11.6 Å². The van der Waals surface area contributed by atoms with Crippen molar-refractivity contribution in [1.29, 1.82) is 0 Å². The summed E-state index contributed by atoms with van der Waals surface area (Å²) in [6, 6.07) is 5.41. The Labute approximate surface area is 130 Å². The second-order valence-corrected chi connectivity index (χ2v) is 5.50. The van der Waals surface area contributed by atoms with Crippen LogP contribution in [0.15, 0.2) is 18.2 Å². The van der Waals surface area contributed by atoms with Gasteiger partial charge in [0.2, 0.25) is 0 Å². The van der Waals surface area contributed by atoms with E-state index in [1.807, 2.05) is 0 Å². The molecule has 0 fully saturated rings. The zero-order chi connectivity index (χ0) is 15.8. The molecule has 21 heavy (non-hydrogen) atoms. The van der Waals surface area contributed by atoms with Crippen molar-refractivity contribution < 1.29 is 9.90 Å². The topological polar surface area (TPSA) is 87.4 Å². The standard InChI is InChI=1S/C15H24ClN3O2/c1-3-10(4-2)18-9-12(8-15(20)21)19-11-5-6-14(17)13(16)7-11/h5-7,10,12,18-19H,3-4,8-9,17H2,1-2H3,(H,20,21)/t12-/m0/s1. The lowest BCUT2D eigenvalue weighted by Crippen LogP contribution is -2.39. The van der Waals surface area contributed by atoms with Gasteiger partial charge in [-0.1, -0.05) is 25.4 Å². The fraction of sp³-hybridized carbons (Fsp3) is 0.533. The first-order valence-electron chi connectivity index (χ1n) is 7.23. The van der Waals surface area contributed by atoms with E-state index in [0.717, 1.165) is 18.5 Å². The maximum atomic E-state index is 11.0. The van der Waals surface area contributed by atoms with Crippen molar-refractivity contribution >= 4 is 28.9 Å². The molecule has 0 aliphatic carbocycles. The van der Waals surface area contributed by atoms with Crippen molar-refractivity contribution in [3.05, 3.63) is 23.2 Å². The van der Waals surface area contributed by atoms with Crippen LogP contribution in [0.25, 0.3) is 0 Å². The number of nitrogens with two attached hydrogens (primary N) is 1. The van der Waals surface area contributed by atoms with Crippen LogP contribution in [0.3, 0.4) is 0 Å². The molecular weight excluding hydrogens is 290 g/mol. The number of hydrogen-bond donors (Lipinski definition) is 4. The fourth-order valence-electron chi connectivity index (χ4n) is 2.12. The Bertz CT molecular complexity index is 464. The molecule has 0 spiro atoms. The molecule has 0 radical (unpaired) electrons. The Morgan fingerprint density at radius 3 is 2.52 bits per heavy atom. The Balaban J connectivity index is 2.68. The van der Waals surface area contributed by atoms with Gasteiger partial charge in [-0.3, -0.25) is 4.79 Å². The van der Waals surface area contributed by atoms with Gasteiger partial charge in [0.15, 0.2) is 0 Å². The van der Waals surface area contributed by atoms with Gasteiger partial charge in [-0.05, 0) is 31.0 Å². The lowest BCUT2D eigenvalue weighted by Gasteiger charge is -2.22. The number of carboxylic acids is 1. The van der Waals surface area contributed by atoms with Gasteiger partial charge in [-0.2, -0.15) is 0 Å². The van der Waals surface area contributed by atoms with E-state index in [1.54, 1.807) is 18.2 Å². The number of nitrogens with one attached hydrogen (secondary N) is 2. The molecule has 118 valence electrons. The van der Waals surface area contributed by atoms with E-state index in [-0.39, 0.29) is 12.5 Å². The molecule has 0 unspecified atom stereocenters. The van der Waals surface area contributed by atoms with Gasteiger partial charge in [0.1, 0.15) is 0 Å². The average Bonchev–Trinajstić information content (AvgIpc) is 2.43. The third kappa shape index (κ3) is 6.23. The van der Waals surface area contributed by atoms with E-state index < -0.39 is 5.97 Å². The molecule has 0 heterocycles.